The van der Waals surface area contributed by atoms with E-state index in [0.717, 1.165) is 4.47 Å². The van der Waals surface area contributed by atoms with Crippen LogP contribution in [0.15, 0.2) is 53.0 Å². The molecule has 0 N–H and O–H groups in total. The number of carbonyl (C=O) groups is 3. The molecule has 4 nitrogen and oxygen atoms in total. The lowest BCUT2D eigenvalue weighted by molar-refractivity contribution is -0.187. The van der Waals surface area contributed by atoms with E-state index in [1.165, 1.54) is 6.92 Å². The van der Waals surface area contributed by atoms with Crippen molar-refractivity contribution >= 4 is 45.1 Å². The number of ether oxygens (including phenoxy) is 1. The number of halogens is 2. The second kappa shape index (κ2) is 7.45. The maximum atomic E-state index is 13.4. The van der Waals surface area contributed by atoms with E-state index in [2.05, 4.69) is 15.9 Å². The van der Waals surface area contributed by atoms with Crippen LogP contribution in [-0.2, 0) is 14.3 Å². The Labute approximate surface area is 177 Å². The quantitative estimate of drug-likeness (QED) is 0.338. The standard InChI is InChI=1S/C22H20BrClO4/c1-21(2)18(14-6-10-16(24)11-7-14)28-20(27)22(3,19(21)26)12-17(25)13-4-8-15(23)9-5-13/h4-11,18H,12H2,1-3H3/t18-,22+/m1/s1. The maximum absolute atomic E-state index is 13.4. The Balaban J connectivity index is 1.90. The van der Waals surface area contributed by atoms with Crippen molar-refractivity contribution in [2.45, 2.75) is 33.3 Å². The van der Waals surface area contributed by atoms with Gasteiger partial charge in [0.2, 0.25) is 0 Å². The summed E-state index contributed by atoms with van der Waals surface area (Å²) in [6.45, 7) is 4.97. The van der Waals surface area contributed by atoms with E-state index in [0.29, 0.717) is 16.1 Å². The number of benzene rings is 2. The first-order valence-corrected chi connectivity index (χ1v) is 10.0. The van der Waals surface area contributed by atoms with Crippen LogP contribution in [0.1, 0.15) is 49.2 Å². The van der Waals surface area contributed by atoms with Crippen LogP contribution in [0, 0.1) is 10.8 Å². The number of rotatable bonds is 4. The third-order valence-corrected chi connectivity index (χ3v) is 6.05. The van der Waals surface area contributed by atoms with Gasteiger partial charge >= 0.3 is 5.97 Å². The highest BCUT2D eigenvalue weighted by molar-refractivity contribution is 9.10. The number of hydrogen-bond acceptors (Lipinski definition) is 4. The molecule has 2 aromatic rings. The van der Waals surface area contributed by atoms with Crippen LogP contribution in [0.25, 0.3) is 0 Å². The Bertz CT molecular complexity index is 934. The molecule has 0 saturated carbocycles. The number of esters is 1. The fourth-order valence-corrected chi connectivity index (χ4v) is 4.03. The molecule has 0 aliphatic carbocycles. The molecule has 1 heterocycles. The van der Waals surface area contributed by atoms with Crippen LogP contribution in [0.2, 0.25) is 5.02 Å². The van der Waals surface area contributed by atoms with Crippen LogP contribution in [-0.4, -0.2) is 17.5 Å². The summed E-state index contributed by atoms with van der Waals surface area (Å²) in [5.74, 6) is -1.26. The summed E-state index contributed by atoms with van der Waals surface area (Å²) in [7, 11) is 0. The molecule has 1 aliphatic rings. The second-order valence-corrected chi connectivity index (χ2v) is 9.18. The van der Waals surface area contributed by atoms with Crippen LogP contribution in [0.3, 0.4) is 0 Å². The van der Waals surface area contributed by atoms with E-state index in [9.17, 15) is 14.4 Å². The van der Waals surface area contributed by atoms with Gasteiger partial charge in [-0.05, 0) is 50.6 Å². The van der Waals surface area contributed by atoms with Gasteiger partial charge in [0.05, 0.1) is 5.41 Å². The van der Waals surface area contributed by atoms with Crippen LogP contribution >= 0.6 is 27.5 Å². The average Bonchev–Trinajstić information content (AvgIpc) is 2.65. The summed E-state index contributed by atoms with van der Waals surface area (Å²) in [6, 6.07) is 13.7. The lowest BCUT2D eigenvalue weighted by atomic mass is 9.64. The Morgan fingerprint density at radius 1 is 1.04 bits per heavy atom. The molecule has 0 amide bonds. The predicted octanol–water partition coefficient (Wildman–Crippen LogP) is 5.58. The number of Topliss-reactive ketones (excluding diaryl/α,β-unsaturated/α-hetero) is 2. The van der Waals surface area contributed by atoms with Crippen molar-refractivity contribution in [1.29, 1.82) is 0 Å². The average molecular weight is 464 g/mol. The molecule has 1 saturated heterocycles. The Hall–Kier alpha value is -1.98. The highest BCUT2D eigenvalue weighted by atomic mass is 79.9. The third kappa shape index (κ3) is 3.65. The van der Waals surface area contributed by atoms with Crippen molar-refractivity contribution in [3.8, 4) is 0 Å². The first-order chi connectivity index (χ1) is 13.1. The molecule has 1 aliphatic heterocycles. The van der Waals surface area contributed by atoms with Crippen molar-refractivity contribution in [2.24, 2.45) is 10.8 Å². The summed E-state index contributed by atoms with van der Waals surface area (Å²) in [6.07, 6.45) is -0.969. The van der Waals surface area contributed by atoms with Gasteiger partial charge < -0.3 is 4.74 Å². The molecule has 0 unspecified atom stereocenters. The summed E-state index contributed by atoms with van der Waals surface area (Å²) < 4.78 is 6.55. The van der Waals surface area contributed by atoms with E-state index < -0.39 is 22.9 Å². The molecular weight excluding hydrogens is 444 g/mol. The number of ketones is 2. The molecule has 28 heavy (non-hydrogen) atoms. The second-order valence-electron chi connectivity index (χ2n) is 7.83. The molecule has 0 aromatic heterocycles. The van der Waals surface area contributed by atoms with Gasteiger partial charge in [-0.25, -0.2) is 0 Å². The highest BCUT2D eigenvalue weighted by Crippen LogP contribution is 2.49. The molecule has 2 atom stereocenters. The lowest BCUT2D eigenvalue weighted by Gasteiger charge is -2.44. The lowest BCUT2D eigenvalue weighted by Crippen LogP contribution is -2.54. The smallest absolute Gasteiger partial charge is 0.320 e. The largest absolute Gasteiger partial charge is 0.456 e. The Morgan fingerprint density at radius 2 is 1.61 bits per heavy atom. The fraction of sp³-hybridized carbons (Fsp3) is 0.318. The fourth-order valence-electron chi connectivity index (χ4n) is 3.64. The SMILES string of the molecule is CC1(C)C(=O)[C@](C)(CC(=O)c2ccc(Br)cc2)C(=O)O[C@@H]1c1ccc(Cl)cc1. The maximum Gasteiger partial charge on any atom is 0.320 e. The third-order valence-electron chi connectivity index (χ3n) is 5.27. The molecule has 0 spiro atoms. The molecule has 146 valence electrons. The van der Waals surface area contributed by atoms with Crippen molar-refractivity contribution < 1.29 is 19.1 Å². The van der Waals surface area contributed by atoms with Gasteiger partial charge in [-0.1, -0.05) is 51.8 Å². The molecule has 0 bridgehead atoms. The summed E-state index contributed by atoms with van der Waals surface area (Å²) >= 11 is 9.26. The minimum absolute atomic E-state index is 0.233. The van der Waals surface area contributed by atoms with Crippen LogP contribution in [0.4, 0.5) is 0 Å². The number of cyclic esters (lactones) is 1. The zero-order valence-corrected chi connectivity index (χ0v) is 18.1. The minimum Gasteiger partial charge on any atom is -0.456 e. The van der Waals surface area contributed by atoms with Crippen molar-refractivity contribution in [1.82, 2.24) is 0 Å². The summed E-state index contributed by atoms with van der Waals surface area (Å²) in [4.78, 5) is 39.0. The molecule has 1 fully saturated rings. The van der Waals surface area contributed by atoms with Crippen molar-refractivity contribution in [3.63, 3.8) is 0 Å². The molecular formula is C22H20BrClO4. The van der Waals surface area contributed by atoms with Crippen LogP contribution < -0.4 is 0 Å². The Morgan fingerprint density at radius 3 is 2.18 bits per heavy atom. The predicted molar refractivity (Wildman–Crippen MR) is 110 cm³/mol. The summed E-state index contributed by atoms with van der Waals surface area (Å²) in [5, 5.41) is 0.556. The highest BCUT2D eigenvalue weighted by Gasteiger charge is 2.58. The van der Waals surface area contributed by atoms with Gasteiger partial charge in [0, 0.05) is 21.5 Å². The normalized spacial score (nSPS) is 24.0. The van der Waals surface area contributed by atoms with Gasteiger partial charge in [-0.3, -0.25) is 14.4 Å². The molecule has 3 rings (SSSR count). The first kappa shape index (κ1) is 20.7. The zero-order chi connectivity index (χ0) is 20.7. The van der Waals surface area contributed by atoms with E-state index in [-0.39, 0.29) is 18.0 Å². The number of hydrogen-bond donors (Lipinski definition) is 0. The van der Waals surface area contributed by atoms with Gasteiger partial charge in [0.25, 0.3) is 0 Å². The molecule has 6 heteroatoms. The van der Waals surface area contributed by atoms with Crippen molar-refractivity contribution in [3.05, 3.63) is 69.2 Å². The molecule has 0 radical (unpaired) electrons. The Kier molecular flexibility index (Phi) is 5.52. The zero-order valence-electron chi connectivity index (χ0n) is 15.8. The van der Waals surface area contributed by atoms with Crippen molar-refractivity contribution in [2.75, 3.05) is 0 Å². The van der Waals surface area contributed by atoms with E-state index in [4.69, 9.17) is 16.3 Å². The van der Waals surface area contributed by atoms with Gasteiger partial charge in [-0.2, -0.15) is 0 Å². The topological polar surface area (TPSA) is 60.4 Å². The minimum atomic E-state index is -1.53. The summed E-state index contributed by atoms with van der Waals surface area (Å²) in [5.41, 5.74) is -1.38. The van der Waals surface area contributed by atoms with E-state index >= 15 is 0 Å². The van der Waals surface area contributed by atoms with Gasteiger partial charge in [0.1, 0.15) is 11.5 Å². The van der Waals surface area contributed by atoms with Crippen LogP contribution in [0.5, 0.6) is 0 Å². The number of carbonyl (C=O) groups excluding carboxylic acids is 3. The van der Waals surface area contributed by atoms with Gasteiger partial charge in [-0.15, -0.1) is 0 Å². The monoisotopic (exact) mass is 462 g/mol. The molecule has 2 aromatic carbocycles. The van der Waals surface area contributed by atoms with E-state index in [1.54, 1.807) is 62.4 Å². The van der Waals surface area contributed by atoms with E-state index in [1.807, 2.05) is 0 Å². The first-order valence-electron chi connectivity index (χ1n) is 8.86. The van der Waals surface area contributed by atoms with Gasteiger partial charge in [0.15, 0.2) is 11.6 Å².